The Hall–Kier alpha value is -0.0800. The maximum Gasteiger partial charge on any atom is 0.0911 e. The third-order valence-electron chi connectivity index (χ3n) is 3.45. The summed E-state index contributed by atoms with van der Waals surface area (Å²) in [6.45, 7) is 8.42. The Morgan fingerprint density at radius 1 is 1.12 bits per heavy atom. The lowest BCUT2D eigenvalue weighted by Crippen LogP contribution is -2.47. The van der Waals surface area contributed by atoms with Gasteiger partial charge in [-0.1, -0.05) is 26.7 Å². The summed E-state index contributed by atoms with van der Waals surface area (Å²) in [6, 6.07) is 0. The molecule has 0 aliphatic heterocycles. The van der Waals surface area contributed by atoms with E-state index >= 15 is 0 Å². The molecule has 0 radical (unpaired) electrons. The predicted octanol–water partition coefficient (Wildman–Crippen LogP) is 2.84. The summed E-state index contributed by atoms with van der Waals surface area (Å²) >= 11 is 0. The van der Waals surface area contributed by atoms with Crippen LogP contribution in [0.1, 0.15) is 39.5 Å². The second-order valence-corrected chi connectivity index (χ2v) is 6.06. The lowest BCUT2D eigenvalue weighted by Gasteiger charge is -2.34. The van der Waals surface area contributed by atoms with E-state index in [1.54, 1.807) is 0 Å². The summed E-state index contributed by atoms with van der Waals surface area (Å²) < 4.78 is 1.17. The first kappa shape index (κ1) is 15.9. The molecule has 0 aromatic heterocycles. The highest BCUT2D eigenvalue weighted by Crippen LogP contribution is 2.16. The van der Waals surface area contributed by atoms with Crippen LogP contribution < -0.4 is 0 Å². The Balaban J connectivity index is 3.98. The number of rotatable bonds is 9. The molecule has 0 saturated heterocycles. The number of hydrogen-bond acceptors (Lipinski definition) is 1. The quantitative estimate of drug-likeness (QED) is 0.550. The average Bonchev–Trinajstić information content (AvgIpc) is 2.21. The van der Waals surface area contributed by atoms with Crippen LogP contribution in [-0.2, 0) is 0 Å². The van der Waals surface area contributed by atoms with Gasteiger partial charge in [-0.3, -0.25) is 0 Å². The molecule has 98 valence electrons. The van der Waals surface area contributed by atoms with Crippen molar-refractivity contribution in [1.82, 2.24) is 4.90 Å². The van der Waals surface area contributed by atoms with Gasteiger partial charge in [0.15, 0.2) is 0 Å². The van der Waals surface area contributed by atoms with Gasteiger partial charge >= 0.3 is 0 Å². The van der Waals surface area contributed by atoms with Gasteiger partial charge < -0.3 is 9.38 Å². The molecule has 0 aromatic carbocycles. The molecule has 0 N–H and O–H groups in total. The van der Waals surface area contributed by atoms with Gasteiger partial charge in [0, 0.05) is 12.5 Å². The van der Waals surface area contributed by atoms with Crippen LogP contribution in [0.2, 0.25) is 0 Å². The zero-order chi connectivity index (χ0) is 12.6. The van der Waals surface area contributed by atoms with Crippen molar-refractivity contribution in [2.24, 2.45) is 5.92 Å². The summed E-state index contributed by atoms with van der Waals surface area (Å²) in [5.41, 5.74) is 0. The lowest BCUT2D eigenvalue weighted by atomic mass is 9.98. The van der Waals surface area contributed by atoms with Crippen molar-refractivity contribution < 1.29 is 4.48 Å². The van der Waals surface area contributed by atoms with Gasteiger partial charge in [0.2, 0.25) is 0 Å². The van der Waals surface area contributed by atoms with E-state index in [1.165, 1.54) is 49.8 Å². The second-order valence-electron chi connectivity index (χ2n) is 6.06. The molecule has 0 rings (SSSR count). The monoisotopic (exact) mass is 229 g/mol. The smallest absolute Gasteiger partial charge is 0.0911 e. The summed E-state index contributed by atoms with van der Waals surface area (Å²) in [5.74, 6) is 0.914. The van der Waals surface area contributed by atoms with E-state index in [0.717, 1.165) is 5.92 Å². The lowest BCUT2D eigenvalue weighted by molar-refractivity contribution is -0.893. The number of hydrogen-bond donors (Lipinski definition) is 0. The van der Waals surface area contributed by atoms with Crippen LogP contribution in [0.3, 0.4) is 0 Å². The first-order valence-corrected chi connectivity index (χ1v) is 6.88. The van der Waals surface area contributed by atoms with Crippen molar-refractivity contribution in [3.8, 4) is 0 Å². The Bertz CT molecular complexity index is 164. The average molecular weight is 229 g/mol. The highest BCUT2D eigenvalue weighted by atomic mass is 15.3. The highest BCUT2D eigenvalue weighted by molar-refractivity contribution is 4.57. The molecule has 0 spiro atoms. The molecule has 0 heterocycles. The molecule has 0 aliphatic carbocycles. The molecule has 0 aromatic rings. The van der Waals surface area contributed by atoms with E-state index in [9.17, 15) is 0 Å². The van der Waals surface area contributed by atoms with E-state index in [1.807, 2.05) is 0 Å². The van der Waals surface area contributed by atoms with Crippen LogP contribution in [0.25, 0.3) is 0 Å². The fourth-order valence-corrected chi connectivity index (χ4v) is 2.18. The van der Waals surface area contributed by atoms with Crippen LogP contribution in [0.15, 0.2) is 0 Å². The molecule has 1 atom stereocenters. The highest BCUT2D eigenvalue weighted by Gasteiger charge is 2.20. The zero-order valence-electron chi connectivity index (χ0n) is 12.4. The van der Waals surface area contributed by atoms with Gasteiger partial charge in [0.1, 0.15) is 0 Å². The van der Waals surface area contributed by atoms with Gasteiger partial charge in [-0.2, -0.15) is 0 Å². The fourth-order valence-electron chi connectivity index (χ4n) is 2.18. The van der Waals surface area contributed by atoms with Crippen LogP contribution in [0.4, 0.5) is 0 Å². The van der Waals surface area contributed by atoms with Gasteiger partial charge in [0.05, 0.1) is 27.2 Å². The number of nitrogens with zero attached hydrogens (tertiary/aromatic N) is 2. The van der Waals surface area contributed by atoms with Crippen molar-refractivity contribution in [3.63, 3.8) is 0 Å². The van der Waals surface area contributed by atoms with Crippen LogP contribution >= 0.6 is 0 Å². The molecule has 0 amide bonds. The molecule has 0 saturated carbocycles. The molecule has 0 bridgehead atoms. The molecular formula is C14H33N2+. The number of quaternary nitrogens is 1. The van der Waals surface area contributed by atoms with E-state index in [2.05, 4.69) is 46.9 Å². The number of unbranched alkanes of at least 4 members (excludes halogenated alkanes) is 1. The van der Waals surface area contributed by atoms with Crippen molar-refractivity contribution in [1.29, 1.82) is 0 Å². The van der Waals surface area contributed by atoms with Crippen LogP contribution in [0.5, 0.6) is 0 Å². The first-order chi connectivity index (χ1) is 7.41. The van der Waals surface area contributed by atoms with Gasteiger partial charge in [-0.05, 0) is 26.9 Å². The summed E-state index contributed by atoms with van der Waals surface area (Å²) in [4.78, 5) is 2.28. The summed E-state index contributed by atoms with van der Waals surface area (Å²) in [5, 5.41) is 0. The van der Waals surface area contributed by atoms with Gasteiger partial charge in [-0.15, -0.1) is 0 Å². The summed E-state index contributed by atoms with van der Waals surface area (Å²) in [6.07, 6.45) is 5.48. The standard InChI is InChI=1S/C14H33N2/c1-7-9-10-14(8-2)13-16(5,6)12-11-15(3)4/h14H,7-13H2,1-6H3/q+1. The van der Waals surface area contributed by atoms with Gasteiger partial charge in [-0.25, -0.2) is 0 Å². The van der Waals surface area contributed by atoms with E-state index in [-0.39, 0.29) is 0 Å². The molecule has 2 heteroatoms. The Morgan fingerprint density at radius 3 is 2.19 bits per heavy atom. The van der Waals surface area contributed by atoms with Crippen molar-refractivity contribution in [2.75, 3.05) is 47.8 Å². The third kappa shape index (κ3) is 8.12. The molecular weight excluding hydrogens is 196 g/mol. The van der Waals surface area contributed by atoms with Crippen molar-refractivity contribution in [3.05, 3.63) is 0 Å². The maximum atomic E-state index is 2.37. The second kappa shape index (κ2) is 8.08. The van der Waals surface area contributed by atoms with E-state index < -0.39 is 0 Å². The topological polar surface area (TPSA) is 3.24 Å². The SMILES string of the molecule is CCCCC(CC)C[N+](C)(C)CCN(C)C. The first-order valence-electron chi connectivity index (χ1n) is 6.88. The Kier molecular flexibility index (Phi) is 8.04. The third-order valence-corrected chi connectivity index (χ3v) is 3.45. The molecule has 16 heavy (non-hydrogen) atoms. The van der Waals surface area contributed by atoms with E-state index in [0.29, 0.717) is 0 Å². The normalized spacial score (nSPS) is 14.4. The van der Waals surface area contributed by atoms with Crippen molar-refractivity contribution >= 4 is 0 Å². The van der Waals surface area contributed by atoms with E-state index in [4.69, 9.17) is 0 Å². The summed E-state index contributed by atoms with van der Waals surface area (Å²) in [7, 11) is 9.07. The number of likely N-dealkylation sites (N-methyl/N-ethyl adjacent to an activating group) is 2. The largest absolute Gasteiger partial charge is 0.327 e. The minimum Gasteiger partial charge on any atom is -0.327 e. The van der Waals surface area contributed by atoms with Crippen molar-refractivity contribution in [2.45, 2.75) is 39.5 Å². The van der Waals surface area contributed by atoms with Gasteiger partial charge in [0.25, 0.3) is 0 Å². The predicted molar refractivity (Wildman–Crippen MR) is 73.7 cm³/mol. The molecule has 0 fully saturated rings. The molecule has 1 unspecified atom stereocenters. The zero-order valence-corrected chi connectivity index (χ0v) is 12.4. The minimum atomic E-state index is 0.914. The minimum absolute atomic E-state index is 0.914. The van der Waals surface area contributed by atoms with Crippen LogP contribution in [0, 0.1) is 5.92 Å². The molecule has 0 aliphatic rings. The van der Waals surface area contributed by atoms with Crippen LogP contribution in [-0.4, -0.2) is 57.2 Å². The molecule has 2 nitrogen and oxygen atoms in total. The maximum absolute atomic E-state index is 2.37. The Morgan fingerprint density at radius 2 is 1.75 bits per heavy atom. The fraction of sp³-hybridized carbons (Fsp3) is 1.00. The Labute approximate surface area is 103 Å².